The van der Waals surface area contributed by atoms with Crippen LogP contribution in [0.3, 0.4) is 0 Å². The molecule has 0 bridgehead atoms. The number of halogens is 2. The summed E-state index contributed by atoms with van der Waals surface area (Å²) in [6, 6.07) is 7.10. The third kappa shape index (κ3) is 9.42. The van der Waals surface area contributed by atoms with E-state index in [1.54, 1.807) is 7.05 Å². The number of benzene rings is 1. The third-order valence-electron chi connectivity index (χ3n) is 3.82. The first-order chi connectivity index (χ1) is 10.9. The van der Waals surface area contributed by atoms with Gasteiger partial charge in [-0.2, -0.15) is 0 Å². The van der Waals surface area contributed by atoms with Gasteiger partial charge in [-0.15, -0.1) is 24.0 Å². The standard InChI is InChI=1S/C18H31FN4.HI/c1-14(2)12-17(23(4)5)13-22-18(20-3)21-11-10-15-6-8-16(19)9-7-15;/h6-9,14,17H,10-13H2,1-5H3,(H2,20,21,22);1H. The van der Waals surface area contributed by atoms with Gasteiger partial charge < -0.3 is 15.5 Å². The molecule has 0 saturated carbocycles. The highest BCUT2D eigenvalue weighted by atomic mass is 127. The fraction of sp³-hybridized carbons (Fsp3) is 0.611. The van der Waals surface area contributed by atoms with Crippen LogP contribution in [0.15, 0.2) is 29.3 Å². The molecule has 0 radical (unpaired) electrons. The molecule has 6 heteroatoms. The smallest absolute Gasteiger partial charge is 0.191 e. The molecule has 0 amide bonds. The predicted octanol–water partition coefficient (Wildman–Crippen LogP) is 3.13. The molecule has 1 atom stereocenters. The molecule has 1 unspecified atom stereocenters. The van der Waals surface area contributed by atoms with E-state index in [9.17, 15) is 4.39 Å². The molecular weight excluding hydrogens is 418 g/mol. The highest BCUT2D eigenvalue weighted by Crippen LogP contribution is 2.08. The molecule has 0 aliphatic heterocycles. The Morgan fingerprint density at radius 1 is 1.17 bits per heavy atom. The fourth-order valence-corrected chi connectivity index (χ4v) is 2.43. The van der Waals surface area contributed by atoms with E-state index in [0.29, 0.717) is 12.0 Å². The summed E-state index contributed by atoms with van der Waals surface area (Å²) in [4.78, 5) is 6.51. The number of nitrogens with zero attached hydrogens (tertiary/aromatic N) is 2. The topological polar surface area (TPSA) is 39.7 Å². The Balaban J connectivity index is 0.00000529. The summed E-state index contributed by atoms with van der Waals surface area (Å²) < 4.78 is 12.9. The van der Waals surface area contributed by atoms with Gasteiger partial charge in [0.1, 0.15) is 5.82 Å². The maximum absolute atomic E-state index is 12.9. The number of hydrogen-bond acceptors (Lipinski definition) is 2. The van der Waals surface area contributed by atoms with Crippen LogP contribution < -0.4 is 10.6 Å². The minimum absolute atomic E-state index is 0. The van der Waals surface area contributed by atoms with Crippen LogP contribution in [-0.4, -0.2) is 51.1 Å². The third-order valence-corrected chi connectivity index (χ3v) is 3.82. The second-order valence-electron chi connectivity index (χ2n) is 6.50. The molecule has 0 aliphatic carbocycles. The minimum atomic E-state index is -0.195. The number of rotatable bonds is 8. The Labute approximate surface area is 163 Å². The highest BCUT2D eigenvalue weighted by Gasteiger charge is 2.13. The molecule has 1 aromatic carbocycles. The summed E-state index contributed by atoms with van der Waals surface area (Å²) in [5.74, 6) is 1.28. The van der Waals surface area contributed by atoms with Crippen molar-refractivity contribution in [3.8, 4) is 0 Å². The molecule has 24 heavy (non-hydrogen) atoms. The van der Waals surface area contributed by atoms with Crippen molar-refractivity contribution in [2.24, 2.45) is 10.9 Å². The van der Waals surface area contributed by atoms with Gasteiger partial charge in [-0.1, -0.05) is 26.0 Å². The van der Waals surface area contributed by atoms with E-state index in [4.69, 9.17) is 0 Å². The highest BCUT2D eigenvalue weighted by molar-refractivity contribution is 14.0. The Bertz CT molecular complexity index is 474. The van der Waals surface area contributed by atoms with Gasteiger partial charge in [0.2, 0.25) is 0 Å². The molecule has 2 N–H and O–H groups in total. The van der Waals surface area contributed by atoms with E-state index in [1.807, 2.05) is 12.1 Å². The van der Waals surface area contributed by atoms with E-state index >= 15 is 0 Å². The summed E-state index contributed by atoms with van der Waals surface area (Å²) in [7, 11) is 6.00. The normalized spacial score (nSPS) is 12.9. The van der Waals surface area contributed by atoms with Gasteiger partial charge in [-0.3, -0.25) is 4.99 Å². The van der Waals surface area contributed by atoms with Crippen LogP contribution in [0.4, 0.5) is 4.39 Å². The van der Waals surface area contributed by atoms with Crippen molar-refractivity contribution in [2.45, 2.75) is 32.7 Å². The van der Waals surface area contributed by atoms with E-state index in [2.05, 4.69) is 48.5 Å². The molecule has 1 rings (SSSR count). The van der Waals surface area contributed by atoms with Crippen LogP contribution in [0, 0.1) is 11.7 Å². The van der Waals surface area contributed by atoms with E-state index in [0.717, 1.165) is 37.5 Å². The van der Waals surface area contributed by atoms with E-state index < -0.39 is 0 Å². The van der Waals surface area contributed by atoms with Gasteiger partial charge in [0, 0.05) is 26.2 Å². The van der Waals surface area contributed by atoms with Crippen LogP contribution in [0.2, 0.25) is 0 Å². The quantitative estimate of drug-likeness (QED) is 0.363. The van der Waals surface area contributed by atoms with Gasteiger partial charge in [-0.25, -0.2) is 4.39 Å². The van der Waals surface area contributed by atoms with Crippen molar-refractivity contribution in [1.29, 1.82) is 0 Å². The summed E-state index contributed by atoms with van der Waals surface area (Å²) in [5, 5.41) is 6.70. The monoisotopic (exact) mass is 450 g/mol. The lowest BCUT2D eigenvalue weighted by Crippen LogP contribution is -2.45. The second kappa shape index (κ2) is 12.5. The molecular formula is C18H32FIN4. The Kier molecular flexibility index (Phi) is 12.0. The molecule has 0 heterocycles. The lowest BCUT2D eigenvalue weighted by Gasteiger charge is -2.27. The largest absolute Gasteiger partial charge is 0.356 e. The van der Waals surface area contributed by atoms with Crippen molar-refractivity contribution >= 4 is 29.9 Å². The van der Waals surface area contributed by atoms with Crippen molar-refractivity contribution in [1.82, 2.24) is 15.5 Å². The van der Waals surface area contributed by atoms with Gasteiger partial charge in [0.25, 0.3) is 0 Å². The van der Waals surface area contributed by atoms with Gasteiger partial charge in [-0.05, 0) is 50.6 Å². The number of likely N-dealkylation sites (N-methyl/N-ethyl adjacent to an activating group) is 1. The number of nitrogens with one attached hydrogen (secondary N) is 2. The summed E-state index contributed by atoms with van der Waals surface area (Å²) in [6.07, 6.45) is 1.98. The molecule has 1 aromatic rings. The average Bonchev–Trinajstić information content (AvgIpc) is 2.50. The lowest BCUT2D eigenvalue weighted by molar-refractivity contribution is 0.254. The lowest BCUT2D eigenvalue weighted by atomic mass is 10.0. The van der Waals surface area contributed by atoms with Crippen molar-refractivity contribution in [3.05, 3.63) is 35.6 Å². The van der Waals surface area contributed by atoms with Crippen molar-refractivity contribution in [3.63, 3.8) is 0 Å². The number of aliphatic imine (C=N–C) groups is 1. The predicted molar refractivity (Wildman–Crippen MR) is 112 cm³/mol. The first kappa shape index (κ1) is 23.1. The summed E-state index contributed by atoms with van der Waals surface area (Å²) in [6.45, 7) is 6.11. The van der Waals surface area contributed by atoms with Gasteiger partial charge >= 0.3 is 0 Å². The Hall–Kier alpha value is -0.890. The van der Waals surface area contributed by atoms with Crippen molar-refractivity contribution < 1.29 is 4.39 Å². The average molecular weight is 450 g/mol. The second-order valence-corrected chi connectivity index (χ2v) is 6.50. The zero-order valence-corrected chi connectivity index (χ0v) is 17.8. The molecule has 0 spiro atoms. The zero-order valence-electron chi connectivity index (χ0n) is 15.5. The van der Waals surface area contributed by atoms with Crippen LogP contribution in [-0.2, 0) is 6.42 Å². The first-order valence-electron chi connectivity index (χ1n) is 8.27. The minimum Gasteiger partial charge on any atom is -0.356 e. The molecule has 0 aromatic heterocycles. The molecule has 138 valence electrons. The van der Waals surface area contributed by atoms with Crippen molar-refractivity contribution in [2.75, 3.05) is 34.2 Å². The summed E-state index contributed by atoms with van der Waals surface area (Å²) in [5.41, 5.74) is 1.11. The van der Waals surface area contributed by atoms with Crippen LogP contribution in [0.1, 0.15) is 25.8 Å². The van der Waals surface area contributed by atoms with Gasteiger partial charge in [0.15, 0.2) is 5.96 Å². The van der Waals surface area contributed by atoms with Crippen LogP contribution >= 0.6 is 24.0 Å². The number of hydrogen-bond donors (Lipinski definition) is 2. The molecule has 4 nitrogen and oxygen atoms in total. The van der Waals surface area contributed by atoms with E-state index in [-0.39, 0.29) is 29.8 Å². The SMILES string of the molecule is CN=C(NCCc1ccc(F)cc1)NCC(CC(C)C)N(C)C.I. The molecule has 0 aliphatic rings. The van der Waals surface area contributed by atoms with Crippen LogP contribution in [0.25, 0.3) is 0 Å². The summed E-state index contributed by atoms with van der Waals surface area (Å²) >= 11 is 0. The Morgan fingerprint density at radius 2 is 1.79 bits per heavy atom. The van der Waals surface area contributed by atoms with Crippen LogP contribution in [0.5, 0.6) is 0 Å². The fourth-order valence-electron chi connectivity index (χ4n) is 2.43. The number of guanidine groups is 1. The molecule has 0 saturated heterocycles. The van der Waals surface area contributed by atoms with E-state index in [1.165, 1.54) is 12.1 Å². The maximum Gasteiger partial charge on any atom is 0.191 e. The molecule has 0 fully saturated rings. The maximum atomic E-state index is 12.9. The first-order valence-corrected chi connectivity index (χ1v) is 8.27. The Morgan fingerprint density at radius 3 is 2.29 bits per heavy atom. The zero-order chi connectivity index (χ0) is 17.2. The van der Waals surface area contributed by atoms with Gasteiger partial charge in [0.05, 0.1) is 0 Å².